The van der Waals surface area contributed by atoms with E-state index >= 15 is 4.39 Å². The lowest BCUT2D eigenvalue weighted by Gasteiger charge is -2.35. The van der Waals surface area contributed by atoms with Crippen molar-refractivity contribution in [1.29, 1.82) is 0 Å². The molecule has 3 N–H and O–H groups in total. The van der Waals surface area contributed by atoms with E-state index in [1.54, 1.807) is 31.2 Å². The minimum absolute atomic E-state index is 0.0479. The van der Waals surface area contributed by atoms with E-state index in [-0.39, 0.29) is 34.9 Å². The zero-order valence-corrected chi connectivity index (χ0v) is 20.5. The molecule has 6 nitrogen and oxygen atoms in total. The Morgan fingerprint density at radius 1 is 1.30 bits per heavy atom. The Morgan fingerprint density at radius 3 is 2.67 bits per heavy atom. The van der Waals surface area contributed by atoms with Crippen molar-refractivity contribution in [3.63, 3.8) is 0 Å². The van der Waals surface area contributed by atoms with E-state index in [9.17, 15) is 9.59 Å². The Labute approximate surface area is 201 Å². The fraction of sp³-hybridized carbons (Fsp3) is 0.417. The van der Waals surface area contributed by atoms with Crippen molar-refractivity contribution >= 4 is 40.2 Å². The monoisotopic (exact) mass is 488 g/mol. The van der Waals surface area contributed by atoms with E-state index in [0.29, 0.717) is 22.6 Å². The summed E-state index contributed by atoms with van der Waals surface area (Å²) in [5, 5.41) is 3.72. The maximum atomic E-state index is 15.1. The third kappa shape index (κ3) is 4.51. The fourth-order valence-electron chi connectivity index (χ4n) is 4.40. The number of rotatable bonds is 5. The maximum Gasteiger partial charge on any atom is 0.237 e. The van der Waals surface area contributed by atoms with Gasteiger partial charge in [0.05, 0.1) is 10.6 Å². The van der Waals surface area contributed by atoms with Crippen LogP contribution >= 0.6 is 23.4 Å². The highest BCUT2D eigenvalue weighted by Crippen LogP contribution is 2.66. The molecule has 0 bridgehead atoms. The zero-order chi connectivity index (χ0) is 24.2. The first-order valence-electron chi connectivity index (χ1n) is 10.6. The van der Waals surface area contributed by atoms with Gasteiger partial charge in [-0.05, 0) is 63.9 Å². The summed E-state index contributed by atoms with van der Waals surface area (Å²) >= 11 is 7.09. The van der Waals surface area contributed by atoms with Crippen LogP contribution in [-0.4, -0.2) is 32.1 Å². The van der Waals surface area contributed by atoms with E-state index in [2.05, 4.69) is 15.3 Å². The van der Waals surface area contributed by atoms with Crippen LogP contribution in [0.15, 0.2) is 41.5 Å². The fourth-order valence-corrected chi connectivity index (χ4v) is 5.89. The number of nitrogens with one attached hydrogen (secondary N) is 1. The molecule has 1 amide bonds. The number of nitrogens with zero attached hydrogens (tertiary/aromatic N) is 2. The SMILES string of the molecule is CC(C)(C)NC(=O)[C@]12C[C@H]1[C@@](C)(c1cc(CC(=O)c3ccc(Cl)cn3)ccc1F)N=C(N)S2. The number of ketones is 1. The molecule has 1 saturated carbocycles. The largest absolute Gasteiger partial charge is 0.378 e. The molecule has 1 aliphatic heterocycles. The highest BCUT2D eigenvalue weighted by molar-refractivity contribution is 8.15. The van der Waals surface area contributed by atoms with Crippen molar-refractivity contribution in [2.75, 3.05) is 0 Å². The summed E-state index contributed by atoms with van der Waals surface area (Å²) in [4.78, 5) is 34.5. The average Bonchev–Trinajstić information content (AvgIpc) is 3.45. The lowest BCUT2D eigenvalue weighted by Crippen LogP contribution is -2.50. The number of amidine groups is 1. The molecular weight excluding hydrogens is 463 g/mol. The van der Waals surface area contributed by atoms with Gasteiger partial charge in [0.15, 0.2) is 11.0 Å². The van der Waals surface area contributed by atoms with Gasteiger partial charge in [-0.15, -0.1) is 0 Å². The molecule has 2 aliphatic rings. The molecule has 0 spiro atoms. The summed E-state index contributed by atoms with van der Waals surface area (Å²) in [6, 6.07) is 7.73. The number of amides is 1. The molecule has 33 heavy (non-hydrogen) atoms. The van der Waals surface area contributed by atoms with Gasteiger partial charge in [0.25, 0.3) is 0 Å². The Hall–Kier alpha value is -2.45. The van der Waals surface area contributed by atoms with Gasteiger partial charge in [-0.2, -0.15) is 0 Å². The quantitative estimate of drug-likeness (QED) is 0.613. The van der Waals surface area contributed by atoms with Gasteiger partial charge in [-0.1, -0.05) is 29.4 Å². The first-order chi connectivity index (χ1) is 15.3. The highest BCUT2D eigenvalue weighted by Gasteiger charge is 2.70. The lowest BCUT2D eigenvalue weighted by atomic mass is 9.84. The zero-order valence-electron chi connectivity index (χ0n) is 18.9. The van der Waals surface area contributed by atoms with Crippen molar-refractivity contribution in [2.24, 2.45) is 16.6 Å². The van der Waals surface area contributed by atoms with Crippen molar-refractivity contribution in [3.8, 4) is 0 Å². The number of Topliss-reactive ketones (excluding diaryl/α,β-unsaturated/α-hetero) is 1. The number of carbonyl (C=O) groups is 2. The van der Waals surface area contributed by atoms with Crippen molar-refractivity contribution in [1.82, 2.24) is 10.3 Å². The van der Waals surface area contributed by atoms with Gasteiger partial charge in [-0.25, -0.2) is 4.39 Å². The number of thioether (sulfide) groups is 1. The predicted octanol–water partition coefficient (Wildman–Crippen LogP) is 4.25. The van der Waals surface area contributed by atoms with Crippen LogP contribution in [0.25, 0.3) is 0 Å². The van der Waals surface area contributed by atoms with Crippen LogP contribution in [0, 0.1) is 11.7 Å². The number of pyridine rings is 1. The second-order valence-corrected chi connectivity index (χ2v) is 11.6. The number of halogens is 2. The third-order valence-electron chi connectivity index (χ3n) is 6.04. The average molecular weight is 489 g/mol. The summed E-state index contributed by atoms with van der Waals surface area (Å²) in [6.45, 7) is 7.55. The molecule has 174 valence electrons. The van der Waals surface area contributed by atoms with Crippen LogP contribution < -0.4 is 11.1 Å². The van der Waals surface area contributed by atoms with E-state index in [4.69, 9.17) is 17.3 Å². The summed E-state index contributed by atoms with van der Waals surface area (Å²) in [5.41, 5.74) is 5.97. The number of hydrogen-bond acceptors (Lipinski definition) is 6. The van der Waals surface area contributed by atoms with E-state index in [1.807, 2.05) is 20.8 Å². The van der Waals surface area contributed by atoms with Gasteiger partial charge in [-0.3, -0.25) is 19.6 Å². The van der Waals surface area contributed by atoms with Crippen LogP contribution in [0.5, 0.6) is 0 Å². The van der Waals surface area contributed by atoms with Gasteiger partial charge in [0.2, 0.25) is 5.91 Å². The molecule has 4 rings (SSSR count). The summed E-state index contributed by atoms with van der Waals surface area (Å²) in [7, 11) is 0. The Bertz CT molecular complexity index is 1160. The summed E-state index contributed by atoms with van der Waals surface area (Å²) in [5.74, 6) is -0.988. The van der Waals surface area contributed by atoms with Crippen LogP contribution in [0.1, 0.15) is 55.7 Å². The molecule has 1 fully saturated rings. The second kappa shape index (κ2) is 8.09. The molecule has 0 saturated heterocycles. The number of hydrogen-bond donors (Lipinski definition) is 2. The van der Waals surface area contributed by atoms with Crippen LogP contribution in [-0.2, 0) is 16.8 Å². The molecule has 9 heteroatoms. The van der Waals surface area contributed by atoms with Crippen molar-refractivity contribution in [2.45, 2.75) is 56.4 Å². The van der Waals surface area contributed by atoms with Crippen molar-refractivity contribution < 1.29 is 14.0 Å². The molecule has 1 aromatic heterocycles. The molecule has 0 unspecified atom stereocenters. The first kappa shape index (κ1) is 23.7. The highest BCUT2D eigenvalue weighted by atomic mass is 35.5. The molecule has 3 atom stereocenters. The van der Waals surface area contributed by atoms with Crippen LogP contribution in [0.3, 0.4) is 0 Å². The van der Waals surface area contributed by atoms with E-state index < -0.39 is 21.6 Å². The normalized spacial score (nSPS) is 26.2. The molecule has 2 heterocycles. The first-order valence-corrected chi connectivity index (χ1v) is 11.8. The number of aromatic nitrogens is 1. The smallest absolute Gasteiger partial charge is 0.237 e. The molecular formula is C24H26ClFN4O2S. The number of fused-ring (bicyclic) bond motifs is 1. The predicted molar refractivity (Wildman–Crippen MR) is 129 cm³/mol. The van der Waals surface area contributed by atoms with Gasteiger partial charge in [0, 0.05) is 29.6 Å². The topological polar surface area (TPSA) is 97.4 Å². The van der Waals surface area contributed by atoms with Gasteiger partial charge >= 0.3 is 0 Å². The van der Waals surface area contributed by atoms with Crippen molar-refractivity contribution in [3.05, 3.63) is 64.2 Å². The molecule has 1 aromatic carbocycles. The number of carbonyl (C=O) groups excluding carboxylic acids is 2. The minimum Gasteiger partial charge on any atom is -0.378 e. The molecule has 0 radical (unpaired) electrons. The van der Waals surface area contributed by atoms with Crippen LogP contribution in [0.4, 0.5) is 4.39 Å². The standard InChI is InChI=1S/C24H26ClFN4O2S/c1-22(2,3)29-20(32)24-11-19(24)23(4,30-21(27)33-24)15-9-13(5-7-16(15)26)10-18(31)17-8-6-14(25)12-28-17/h5-9,12,19H,10-11H2,1-4H3,(H2,27,30)(H,29,32)/t19-,23+,24-/m0/s1. The summed E-state index contributed by atoms with van der Waals surface area (Å²) in [6.07, 6.45) is 2.00. The lowest BCUT2D eigenvalue weighted by molar-refractivity contribution is -0.123. The van der Waals surface area contributed by atoms with E-state index in [1.165, 1.54) is 24.0 Å². The third-order valence-corrected chi connectivity index (χ3v) is 7.57. The molecule has 2 aromatic rings. The van der Waals surface area contributed by atoms with Gasteiger partial charge < -0.3 is 11.1 Å². The Balaban J connectivity index is 1.64. The molecule has 1 aliphatic carbocycles. The number of aliphatic imine (C=N–C) groups is 1. The van der Waals surface area contributed by atoms with Gasteiger partial charge in [0.1, 0.15) is 16.3 Å². The second-order valence-electron chi connectivity index (χ2n) is 9.83. The maximum absolute atomic E-state index is 15.1. The van der Waals surface area contributed by atoms with Crippen LogP contribution in [0.2, 0.25) is 5.02 Å². The minimum atomic E-state index is -1.02. The number of nitrogens with two attached hydrogens (primary N) is 1. The number of benzene rings is 1. The summed E-state index contributed by atoms with van der Waals surface area (Å²) < 4.78 is 14.3. The Kier molecular flexibility index (Phi) is 5.81. The van der Waals surface area contributed by atoms with E-state index in [0.717, 1.165) is 0 Å². The Morgan fingerprint density at radius 2 is 2.03 bits per heavy atom.